The number of methoxy groups -OCH3 is 1. The highest BCUT2D eigenvalue weighted by molar-refractivity contribution is 6.31. The Morgan fingerprint density at radius 2 is 2.05 bits per heavy atom. The third kappa shape index (κ3) is 4.03. The zero-order chi connectivity index (χ0) is 14.6. The van der Waals surface area contributed by atoms with Crippen LogP contribution in [-0.4, -0.2) is 30.3 Å². The van der Waals surface area contributed by atoms with Gasteiger partial charge in [0.2, 0.25) is 0 Å². The smallest absolute Gasteiger partial charge is 0.325 e. The topological polar surface area (TPSA) is 87.7 Å². The number of aryl methyl sites for hydroxylation is 1. The molecule has 0 spiro atoms. The van der Waals surface area contributed by atoms with E-state index in [-0.39, 0.29) is 0 Å². The highest BCUT2D eigenvalue weighted by Gasteiger charge is 2.15. The van der Waals surface area contributed by atoms with Gasteiger partial charge in [0.1, 0.15) is 11.8 Å². The number of urea groups is 1. The zero-order valence-corrected chi connectivity index (χ0v) is 11.5. The molecule has 0 radical (unpaired) electrons. The molecular weight excluding hydrogens is 272 g/mol. The van der Waals surface area contributed by atoms with Gasteiger partial charge in [-0.2, -0.15) is 0 Å². The van der Waals surface area contributed by atoms with E-state index in [0.29, 0.717) is 16.5 Å². The van der Waals surface area contributed by atoms with Crippen molar-refractivity contribution in [2.75, 3.05) is 12.4 Å². The fraction of sp³-hybridized carbons (Fsp3) is 0.333. The number of carbonyl (C=O) groups is 2. The van der Waals surface area contributed by atoms with Crippen molar-refractivity contribution in [3.63, 3.8) is 0 Å². The van der Waals surface area contributed by atoms with Gasteiger partial charge in [0.05, 0.1) is 12.8 Å². The van der Waals surface area contributed by atoms with E-state index in [0.717, 1.165) is 5.56 Å². The number of benzene rings is 1. The first-order valence-corrected chi connectivity index (χ1v) is 5.87. The van der Waals surface area contributed by atoms with Gasteiger partial charge in [0.15, 0.2) is 0 Å². The summed E-state index contributed by atoms with van der Waals surface area (Å²) in [7, 11) is 1.45. The minimum atomic E-state index is -1.12. The van der Waals surface area contributed by atoms with Crippen molar-refractivity contribution in [3.05, 3.63) is 22.7 Å². The van der Waals surface area contributed by atoms with Crippen LogP contribution in [0.4, 0.5) is 10.5 Å². The Morgan fingerprint density at radius 3 is 2.58 bits per heavy atom. The van der Waals surface area contributed by atoms with E-state index in [1.54, 1.807) is 19.1 Å². The van der Waals surface area contributed by atoms with E-state index < -0.39 is 18.0 Å². The number of carboxylic acids is 1. The van der Waals surface area contributed by atoms with Crippen LogP contribution in [0.1, 0.15) is 12.5 Å². The minimum absolute atomic E-state index is 0.397. The fourth-order valence-electron chi connectivity index (χ4n) is 1.35. The van der Waals surface area contributed by atoms with Crippen molar-refractivity contribution in [1.29, 1.82) is 0 Å². The van der Waals surface area contributed by atoms with Crippen LogP contribution < -0.4 is 15.4 Å². The number of hydrogen-bond donors (Lipinski definition) is 3. The summed E-state index contributed by atoms with van der Waals surface area (Å²) in [6.07, 6.45) is 0. The number of carboxylic acid groups (broad SMARTS) is 1. The number of ether oxygens (including phenoxy) is 1. The summed E-state index contributed by atoms with van der Waals surface area (Å²) < 4.78 is 5.09. The average Bonchev–Trinajstić information content (AvgIpc) is 2.33. The number of amides is 2. The van der Waals surface area contributed by atoms with Crippen molar-refractivity contribution < 1.29 is 19.4 Å². The van der Waals surface area contributed by atoms with Crippen LogP contribution in [0.3, 0.4) is 0 Å². The lowest BCUT2D eigenvalue weighted by Gasteiger charge is -2.14. The van der Waals surface area contributed by atoms with Crippen molar-refractivity contribution in [2.24, 2.45) is 0 Å². The Bertz CT molecular complexity index is 505. The lowest BCUT2D eigenvalue weighted by Crippen LogP contribution is -2.40. The van der Waals surface area contributed by atoms with Crippen molar-refractivity contribution >= 4 is 29.3 Å². The molecule has 1 aromatic carbocycles. The lowest BCUT2D eigenvalue weighted by molar-refractivity contribution is -0.138. The second kappa shape index (κ2) is 6.29. The van der Waals surface area contributed by atoms with Gasteiger partial charge in [-0.15, -0.1) is 0 Å². The number of carbonyl (C=O) groups excluding carboxylic acids is 1. The number of halogens is 1. The molecule has 104 valence electrons. The predicted molar refractivity (Wildman–Crippen MR) is 72.0 cm³/mol. The predicted octanol–water partition coefficient (Wildman–Crippen LogP) is 2.25. The van der Waals surface area contributed by atoms with E-state index in [9.17, 15) is 9.59 Å². The van der Waals surface area contributed by atoms with Crippen LogP contribution in [0.15, 0.2) is 12.1 Å². The third-order valence-electron chi connectivity index (χ3n) is 2.45. The van der Waals surface area contributed by atoms with Gasteiger partial charge in [-0.05, 0) is 25.5 Å². The molecule has 1 rings (SSSR count). The number of nitrogens with one attached hydrogen (secondary N) is 2. The molecule has 0 aliphatic heterocycles. The van der Waals surface area contributed by atoms with Gasteiger partial charge in [-0.1, -0.05) is 11.6 Å². The molecule has 3 N–H and O–H groups in total. The molecule has 1 aromatic rings. The third-order valence-corrected chi connectivity index (χ3v) is 2.85. The van der Waals surface area contributed by atoms with Crippen LogP contribution in [0, 0.1) is 6.92 Å². The average molecular weight is 287 g/mol. The molecule has 0 saturated carbocycles. The van der Waals surface area contributed by atoms with Crippen molar-refractivity contribution in [2.45, 2.75) is 19.9 Å². The lowest BCUT2D eigenvalue weighted by atomic mass is 10.2. The first-order chi connectivity index (χ1) is 8.85. The monoisotopic (exact) mass is 286 g/mol. The SMILES string of the molecule is COc1cc(Cl)c(C)cc1NC(=O)N[C@H](C)C(=O)O. The number of aliphatic carboxylic acids is 1. The normalized spacial score (nSPS) is 11.6. The van der Waals surface area contributed by atoms with Gasteiger partial charge in [0.25, 0.3) is 0 Å². The Morgan fingerprint density at radius 1 is 1.42 bits per heavy atom. The summed E-state index contributed by atoms with van der Waals surface area (Å²) in [5.74, 6) is -0.719. The summed E-state index contributed by atoms with van der Waals surface area (Å²) in [6.45, 7) is 3.15. The second-order valence-electron chi connectivity index (χ2n) is 3.96. The molecule has 19 heavy (non-hydrogen) atoms. The molecule has 0 saturated heterocycles. The Kier molecular flexibility index (Phi) is 5.00. The Labute approximate surface area is 115 Å². The highest BCUT2D eigenvalue weighted by Crippen LogP contribution is 2.30. The van der Waals surface area contributed by atoms with Gasteiger partial charge in [-0.3, -0.25) is 4.79 Å². The van der Waals surface area contributed by atoms with Crippen LogP contribution in [0.2, 0.25) is 5.02 Å². The molecule has 0 aliphatic carbocycles. The molecule has 0 fully saturated rings. The Balaban J connectivity index is 2.84. The highest BCUT2D eigenvalue weighted by atomic mass is 35.5. The summed E-state index contributed by atoms with van der Waals surface area (Å²) in [5, 5.41) is 14.0. The van der Waals surface area contributed by atoms with Gasteiger partial charge in [0, 0.05) is 11.1 Å². The minimum Gasteiger partial charge on any atom is -0.495 e. The summed E-state index contributed by atoms with van der Waals surface area (Å²) in [5.41, 5.74) is 1.18. The molecule has 0 heterocycles. The van der Waals surface area contributed by atoms with E-state index in [1.807, 2.05) is 0 Å². The van der Waals surface area contributed by atoms with E-state index in [2.05, 4.69) is 10.6 Å². The standard InChI is InChI=1S/C12H15ClN2O4/c1-6-4-9(10(19-3)5-8(6)13)15-12(18)14-7(2)11(16)17/h4-5,7H,1-3H3,(H,16,17)(H2,14,15,18)/t7-/m1/s1. The molecule has 0 unspecified atom stereocenters. The zero-order valence-electron chi connectivity index (χ0n) is 10.8. The summed E-state index contributed by atoms with van der Waals surface area (Å²) >= 11 is 5.94. The van der Waals surface area contributed by atoms with Crippen LogP contribution in [-0.2, 0) is 4.79 Å². The van der Waals surface area contributed by atoms with Crippen molar-refractivity contribution in [1.82, 2.24) is 5.32 Å². The molecule has 6 nitrogen and oxygen atoms in total. The van der Waals surface area contributed by atoms with Gasteiger partial charge < -0.3 is 20.5 Å². The van der Waals surface area contributed by atoms with Gasteiger partial charge >= 0.3 is 12.0 Å². The molecule has 0 aliphatic rings. The quantitative estimate of drug-likeness (QED) is 0.792. The molecule has 0 bridgehead atoms. The molecular formula is C12H15ClN2O4. The largest absolute Gasteiger partial charge is 0.495 e. The maximum Gasteiger partial charge on any atom is 0.325 e. The molecule has 2 amide bonds. The summed E-state index contributed by atoms with van der Waals surface area (Å²) in [4.78, 5) is 22.2. The number of anilines is 1. The van der Waals surface area contributed by atoms with E-state index in [4.69, 9.17) is 21.4 Å². The van der Waals surface area contributed by atoms with Crippen molar-refractivity contribution in [3.8, 4) is 5.75 Å². The number of hydrogen-bond acceptors (Lipinski definition) is 3. The maximum absolute atomic E-state index is 11.6. The van der Waals surface area contributed by atoms with Gasteiger partial charge in [-0.25, -0.2) is 4.79 Å². The molecule has 7 heteroatoms. The fourth-order valence-corrected chi connectivity index (χ4v) is 1.50. The Hall–Kier alpha value is -1.95. The molecule has 0 aromatic heterocycles. The van der Waals surface area contributed by atoms with E-state index >= 15 is 0 Å². The maximum atomic E-state index is 11.6. The van der Waals surface area contributed by atoms with Crippen LogP contribution in [0.5, 0.6) is 5.75 Å². The first kappa shape index (κ1) is 15.1. The summed E-state index contributed by atoms with van der Waals surface area (Å²) in [6, 6.07) is 1.61. The number of rotatable bonds is 4. The van der Waals surface area contributed by atoms with E-state index in [1.165, 1.54) is 14.0 Å². The van der Waals surface area contributed by atoms with Crippen LogP contribution in [0.25, 0.3) is 0 Å². The van der Waals surface area contributed by atoms with Crippen LogP contribution >= 0.6 is 11.6 Å². The second-order valence-corrected chi connectivity index (χ2v) is 4.37. The molecule has 1 atom stereocenters. The first-order valence-electron chi connectivity index (χ1n) is 5.49.